The standard InChI is InChI=1S/C12H18FN3O2S/c13-11-4-2-7-15-12(11)19(17,18)16-8-5-10-3-1-6-14-9-10/h2,4,7,10,14,16H,1,3,5-6,8-9H2. The van der Waals surface area contributed by atoms with Crippen LogP contribution in [0.3, 0.4) is 0 Å². The van der Waals surface area contributed by atoms with Crippen LogP contribution in [0.25, 0.3) is 0 Å². The third-order valence-electron chi connectivity index (χ3n) is 3.22. The molecule has 1 saturated heterocycles. The Morgan fingerprint density at radius 3 is 3.05 bits per heavy atom. The molecule has 0 saturated carbocycles. The molecule has 7 heteroatoms. The first-order valence-corrected chi connectivity index (χ1v) is 7.89. The maximum absolute atomic E-state index is 13.4. The molecule has 1 atom stereocenters. The van der Waals surface area contributed by atoms with E-state index < -0.39 is 20.9 Å². The highest BCUT2D eigenvalue weighted by Gasteiger charge is 2.20. The molecule has 106 valence electrons. The van der Waals surface area contributed by atoms with Crippen molar-refractivity contribution in [1.82, 2.24) is 15.0 Å². The Morgan fingerprint density at radius 2 is 2.37 bits per heavy atom. The molecule has 0 amide bonds. The topological polar surface area (TPSA) is 71.1 Å². The van der Waals surface area contributed by atoms with E-state index in [1.807, 2.05) is 0 Å². The molecule has 0 aliphatic carbocycles. The number of pyridine rings is 1. The van der Waals surface area contributed by atoms with Crippen LogP contribution in [0.1, 0.15) is 19.3 Å². The summed E-state index contributed by atoms with van der Waals surface area (Å²) in [7, 11) is -3.85. The highest BCUT2D eigenvalue weighted by molar-refractivity contribution is 7.89. The Morgan fingerprint density at radius 1 is 1.53 bits per heavy atom. The third-order valence-corrected chi connectivity index (χ3v) is 4.62. The normalized spacial score (nSPS) is 20.4. The van der Waals surface area contributed by atoms with Gasteiger partial charge in [-0.3, -0.25) is 0 Å². The van der Waals surface area contributed by atoms with E-state index in [1.165, 1.54) is 12.3 Å². The summed E-state index contributed by atoms with van der Waals surface area (Å²) in [5.41, 5.74) is 0. The summed E-state index contributed by atoms with van der Waals surface area (Å²) in [6.45, 7) is 2.26. The van der Waals surface area contributed by atoms with E-state index in [-0.39, 0.29) is 0 Å². The molecule has 0 spiro atoms. The number of nitrogens with zero attached hydrogens (tertiary/aromatic N) is 1. The first kappa shape index (κ1) is 14.4. The van der Waals surface area contributed by atoms with Crippen LogP contribution < -0.4 is 10.0 Å². The molecule has 1 aliphatic rings. The van der Waals surface area contributed by atoms with Crippen LogP contribution in [0.5, 0.6) is 0 Å². The van der Waals surface area contributed by atoms with E-state index >= 15 is 0 Å². The van der Waals surface area contributed by atoms with E-state index in [4.69, 9.17) is 0 Å². The zero-order valence-electron chi connectivity index (χ0n) is 10.6. The van der Waals surface area contributed by atoms with Gasteiger partial charge < -0.3 is 5.32 Å². The van der Waals surface area contributed by atoms with Crippen LogP contribution in [0.4, 0.5) is 4.39 Å². The van der Waals surface area contributed by atoms with Crippen LogP contribution in [0.2, 0.25) is 0 Å². The zero-order valence-corrected chi connectivity index (χ0v) is 11.4. The lowest BCUT2D eigenvalue weighted by Crippen LogP contribution is -2.33. The van der Waals surface area contributed by atoms with E-state index in [0.717, 1.165) is 38.4 Å². The highest BCUT2D eigenvalue weighted by atomic mass is 32.2. The van der Waals surface area contributed by atoms with Gasteiger partial charge in [0.25, 0.3) is 10.0 Å². The molecule has 1 aliphatic heterocycles. The molecule has 0 aromatic carbocycles. The lowest BCUT2D eigenvalue weighted by Gasteiger charge is -2.22. The monoisotopic (exact) mass is 287 g/mol. The van der Waals surface area contributed by atoms with E-state index in [1.54, 1.807) is 0 Å². The molecular formula is C12H18FN3O2S. The number of hydrogen-bond acceptors (Lipinski definition) is 4. The predicted octanol–water partition coefficient (Wildman–Crippen LogP) is 0.889. The number of hydrogen-bond donors (Lipinski definition) is 2. The van der Waals surface area contributed by atoms with Gasteiger partial charge in [0.05, 0.1) is 0 Å². The number of nitrogens with one attached hydrogen (secondary N) is 2. The second-order valence-electron chi connectivity index (χ2n) is 4.69. The summed E-state index contributed by atoms with van der Waals surface area (Å²) < 4.78 is 39.5. The van der Waals surface area contributed by atoms with Crippen molar-refractivity contribution in [2.75, 3.05) is 19.6 Å². The fourth-order valence-electron chi connectivity index (χ4n) is 2.21. The maximum atomic E-state index is 13.4. The van der Waals surface area contributed by atoms with Gasteiger partial charge in [0, 0.05) is 12.7 Å². The predicted molar refractivity (Wildman–Crippen MR) is 69.6 cm³/mol. The Hall–Kier alpha value is -1.05. The average Bonchev–Trinajstić information content (AvgIpc) is 2.40. The fraction of sp³-hybridized carbons (Fsp3) is 0.583. The van der Waals surface area contributed by atoms with Crippen LogP contribution in [-0.2, 0) is 10.0 Å². The highest BCUT2D eigenvalue weighted by Crippen LogP contribution is 2.14. The summed E-state index contributed by atoms with van der Waals surface area (Å²) in [4.78, 5) is 3.58. The van der Waals surface area contributed by atoms with Gasteiger partial charge in [-0.15, -0.1) is 0 Å². The number of sulfonamides is 1. The number of halogens is 1. The largest absolute Gasteiger partial charge is 0.316 e. The molecule has 1 aromatic rings. The summed E-state index contributed by atoms with van der Waals surface area (Å²) in [6, 6.07) is 2.45. The molecule has 1 unspecified atom stereocenters. The minimum atomic E-state index is -3.85. The summed E-state index contributed by atoms with van der Waals surface area (Å²) >= 11 is 0. The van der Waals surface area contributed by atoms with Gasteiger partial charge in [-0.25, -0.2) is 22.5 Å². The Bertz CT molecular complexity index is 515. The molecular weight excluding hydrogens is 269 g/mol. The van der Waals surface area contributed by atoms with Gasteiger partial charge in [-0.2, -0.15) is 0 Å². The van der Waals surface area contributed by atoms with Crippen molar-refractivity contribution in [2.45, 2.75) is 24.3 Å². The molecule has 0 bridgehead atoms. The number of rotatable bonds is 5. The molecule has 19 heavy (non-hydrogen) atoms. The van der Waals surface area contributed by atoms with Crippen LogP contribution in [0, 0.1) is 11.7 Å². The van der Waals surface area contributed by atoms with Gasteiger partial charge in [-0.05, 0) is 50.4 Å². The minimum Gasteiger partial charge on any atom is -0.316 e. The second kappa shape index (κ2) is 6.40. The smallest absolute Gasteiger partial charge is 0.261 e. The van der Waals surface area contributed by atoms with Gasteiger partial charge >= 0.3 is 0 Å². The zero-order chi connectivity index (χ0) is 13.7. The number of piperidine rings is 1. The maximum Gasteiger partial charge on any atom is 0.261 e. The Kier molecular flexibility index (Phi) is 4.84. The fourth-order valence-corrected chi connectivity index (χ4v) is 3.25. The summed E-state index contributed by atoms with van der Waals surface area (Å²) in [5.74, 6) is -0.348. The molecule has 2 rings (SSSR count). The van der Waals surface area contributed by atoms with Gasteiger partial charge in [0.1, 0.15) is 0 Å². The van der Waals surface area contributed by atoms with Crippen molar-refractivity contribution in [3.8, 4) is 0 Å². The molecule has 5 nitrogen and oxygen atoms in total. The van der Waals surface area contributed by atoms with Crippen LogP contribution in [-0.4, -0.2) is 33.0 Å². The number of aromatic nitrogens is 1. The van der Waals surface area contributed by atoms with Crippen LogP contribution in [0.15, 0.2) is 23.4 Å². The van der Waals surface area contributed by atoms with Gasteiger partial charge in [0.2, 0.25) is 5.03 Å². The lowest BCUT2D eigenvalue weighted by molar-refractivity contribution is 0.358. The molecule has 2 heterocycles. The quantitative estimate of drug-likeness (QED) is 0.843. The van der Waals surface area contributed by atoms with Gasteiger partial charge in [0.15, 0.2) is 5.82 Å². The van der Waals surface area contributed by atoms with Crippen molar-refractivity contribution in [1.29, 1.82) is 0 Å². The van der Waals surface area contributed by atoms with Gasteiger partial charge in [-0.1, -0.05) is 0 Å². The summed E-state index contributed by atoms with van der Waals surface area (Å²) in [5, 5.41) is 2.74. The van der Waals surface area contributed by atoms with E-state index in [2.05, 4.69) is 15.0 Å². The third kappa shape index (κ3) is 3.95. The average molecular weight is 287 g/mol. The van der Waals surface area contributed by atoms with Crippen molar-refractivity contribution >= 4 is 10.0 Å². The molecule has 1 fully saturated rings. The SMILES string of the molecule is O=S(=O)(NCCC1CCCNC1)c1ncccc1F. The van der Waals surface area contributed by atoms with Crippen molar-refractivity contribution in [3.63, 3.8) is 0 Å². The van der Waals surface area contributed by atoms with E-state index in [0.29, 0.717) is 12.5 Å². The molecule has 1 aromatic heterocycles. The van der Waals surface area contributed by atoms with Crippen LogP contribution >= 0.6 is 0 Å². The molecule has 2 N–H and O–H groups in total. The summed E-state index contributed by atoms with van der Waals surface area (Å²) in [6.07, 6.45) is 4.24. The van der Waals surface area contributed by atoms with E-state index in [9.17, 15) is 12.8 Å². The minimum absolute atomic E-state index is 0.310. The lowest BCUT2D eigenvalue weighted by atomic mass is 9.96. The molecule has 0 radical (unpaired) electrons. The first-order valence-electron chi connectivity index (χ1n) is 6.40. The van der Waals surface area contributed by atoms with Crippen molar-refractivity contribution in [3.05, 3.63) is 24.1 Å². The van der Waals surface area contributed by atoms with Crippen molar-refractivity contribution in [2.24, 2.45) is 5.92 Å². The Labute approximate surface area is 112 Å². The second-order valence-corrected chi connectivity index (χ2v) is 6.37. The van der Waals surface area contributed by atoms with Crippen molar-refractivity contribution < 1.29 is 12.8 Å². The first-order chi connectivity index (χ1) is 9.09. The Balaban J connectivity index is 1.89.